The minimum Gasteiger partial charge on any atom is -0.383 e. The molecular formula is C11H17BrN2O3. The van der Waals surface area contributed by atoms with Gasteiger partial charge in [-0.2, -0.15) is 5.10 Å². The lowest BCUT2D eigenvalue weighted by Gasteiger charge is -2.32. The molecule has 1 N–H and O–H groups in total. The Bertz CT molecular complexity index is 375. The van der Waals surface area contributed by atoms with E-state index in [1.54, 1.807) is 18.0 Å². The molecule has 1 aromatic heterocycles. The lowest BCUT2D eigenvalue weighted by Crippen LogP contribution is -2.36. The lowest BCUT2D eigenvalue weighted by atomic mass is 9.90. The van der Waals surface area contributed by atoms with Gasteiger partial charge in [-0.1, -0.05) is 0 Å². The monoisotopic (exact) mass is 304 g/mol. The van der Waals surface area contributed by atoms with Crippen LogP contribution in [0.1, 0.15) is 18.5 Å². The fourth-order valence-corrected chi connectivity index (χ4v) is 2.78. The molecule has 0 saturated carbocycles. The van der Waals surface area contributed by atoms with Crippen LogP contribution in [0.2, 0.25) is 0 Å². The molecule has 1 fully saturated rings. The topological polar surface area (TPSA) is 56.5 Å². The van der Waals surface area contributed by atoms with Crippen LogP contribution in [0.4, 0.5) is 0 Å². The quantitative estimate of drug-likeness (QED) is 0.911. The van der Waals surface area contributed by atoms with Gasteiger partial charge in [-0.3, -0.25) is 4.68 Å². The summed E-state index contributed by atoms with van der Waals surface area (Å²) in [6.45, 7) is 2.38. The Balaban J connectivity index is 2.25. The van der Waals surface area contributed by atoms with Gasteiger partial charge in [-0.05, 0) is 15.9 Å². The van der Waals surface area contributed by atoms with Crippen LogP contribution in [-0.2, 0) is 21.6 Å². The van der Waals surface area contributed by atoms with Gasteiger partial charge in [0.1, 0.15) is 5.60 Å². The molecule has 17 heavy (non-hydrogen) atoms. The van der Waals surface area contributed by atoms with Gasteiger partial charge in [-0.25, -0.2) is 0 Å². The first kappa shape index (κ1) is 13.0. The van der Waals surface area contributed by atoms with Crippen LogP contribution >= 0.6 is 15.9 Å². The van der Waals surface area contributed by atoms with Crippen molar-refractivity contribution in [2.45, 2.75) is 25.0 Å². The zero-order valence-electron chi connectivity index (χ0n) is 9.86. The van der Waals surface area contributed by atoms with Gasteiger partial charge >= 0.3 is 0 Å². The van der Waals surface area contributed by atoms with Gasteiger partial charge in [0.05, 0.1) is 29.5 Å². The minimum atomic E-state index is -0.846. The van der Waals surface area contributed by atoms with E-state index in [1.807, 2.05) is 0 Å². The molecule has 5 nitrogen and oxygen atoms in total. The Morgan fingerprint density at radius 1 is 1.59 bits per heavy atom. The molecule has 96 valence electrons. The molecule has 2 heterocycles. The maximum atomic E-state index is 10.7. The summed E-state index contributed by atoms with van der Waals surface area (Å²) in [5.41, 5.74) is -0.0146. The highest BCUT2D eigenvalue weighted by Gasteiger charge is 2.36. The van der Waals surface area contributed by atoms with Crippen molar-refractivity contribution in [3.63, 3.8) is 0 Å². The fourth-order valence-electron chi connectivity index (χ4n) is 2.12. The molecule has 0 atom stereocenters. The summed E-state index contributed by atoms with van der Waals surface area (Å²) in [5, 5.41) is 14.9. The minimum absolute atomic E-state index is 0.577. The first-order valence-electron chi connectivity index (χ1n) is 5.68. The molecule has 1 saturated heterocycles. The second-order valence-corrected chi connectivity index (χ2v) is 5.06. The van der Waals surface area contributed by atoms with Crippen LogP contribution in [0.15, 0.2) is 10.7 Å². The summed E-state index contributed by atoms with van der Waals surface area (Å²) in [6.07, 6.45) is 2.92. The molecule has 0 aromatic carbocycles. The Labute approximate surface area is 109 Å². The third-order valence-electron chi connectivity index (χ3n) is 3.06. The van der Waals surface area contributed by atoms with E-state index in [9.17, 15) is 5.11 Å². The average molecular weight is 305 g/mol. The van der Waals surface area contributed by atoms with E-state index < -0.39 is 5.60 Å². The summed E-state index contributed by atoms with van der Waals surface area (Å²) in [7, 11) is 1.65. The van der Waals surface area contributed by atoms with Gasteiger partial charge in [-0.15, -0.1) is 0 Å². The summed E-state index contributed by atoms with van der Waals surface area (Å²) < 4.78 is 13.0. The normalized spacial score (nSPS) is 19.5. The maximum Gasteiger partial charge on any atom is 0.112 e. The number of ether oxygens (including phenoxy) is 2. The van der Waals surface area contributed by atoms with Crippen molar-refractivity contribution in [1.82, 2.24) is 9.78 Å². The number of methoxy groups -OCH3 is 1. The van der Waals surface area contributed by atoms with Gasteiger partial charge < -0.3 is 14.6 Å². The van der Waals surface area contributed by atoms with Gasteiger partial charge in [0.25, 0.3) is 0 Å². The van der Waals surface area contributed by atoms with Crippen LogP contribution in [0.25, 0.3) is 0 Å². The predicted molar refractivity (Wildman–Crippen MR) is 65.8 cm³/mol. The molecule has 0 spiro atoms. The predicted octanol–water partition coefficient (Wildman–Crippen LogP) is 1.29. The summed E-state index contributed by atoms with van der Waals surface area (Å²) in [4.78, 5) is 0. The number of aliphatic hydroxyl groups is 1. The highest BCUT2D eigenvalue weighted by molar-refractivity contribution is 9.10. The SMILES string of the molecule is COCCn1ncc(Br)c1C1(O)CCOCC1. The van der Waals surface area contributed by atoms with Crippen molar-refractivity contribution in [2.24, 2.45) is 0 Å². The van der Waals surface area contributed by atoms with Crippen molar-refractivity contribution in [3.05, 3.63) is 16.4 Å². The van der Waals surface area contributed by atoms with E-state index >= 15 is 0 Å². The van der Waals surface area contributed by atoms with Crippen molar-refractivity contribution in [2.75, 3.05) is 26.9 Å². The Morgan fingerprint density at radius 2 is 2.29 bits per heavy atom. The number of rotatable bonds is 4. The number of hydrogen-bond donors (Lipinski definition) is 1. The van der Waals surface area contributed by atoms with Crippen molar-refractivity contribution in [3.8, 4) is 0 Å². The number of hydrogen-bond acceptors (Lipinski definition) is 4. The molecule has 0 unspecified atom stereocenters. The highest BCUT2D eigenvalue weighted by atomic mass is 79.9. The Hall–Kier alpha value is -0.430. The van der Waals surface area contributed by atoms with Gasteiger partial charge in [0, 0.05) is 33.2 Å². The molecule has 0 aliphatic carbocycles. The first-order valence-corrected chi connectivity index (χ1v) is 6.47. The molecule has 1 aromatic rings. The van der Waals surface area contributed by atoms with E-state index in [1.165, 1.54) is 0 Å². The van der Waals surface area contributed by atoms with Crippen molar-refractivity contribution >= 4 is 15.9 Å². The molecular weight excluding hydrogens is 288 g/mol. The number of nitrogens with zero attached hydrogens (tertiary/aromatic N) is 2. The number of aromatic nitrogens is 2. The molecule has 0 amide bonds. The van der Waals surface area contributed by atoms with Gasteiger partial charge in [0.15, 0.2) is 0 Å². The van der Waals surface area contributed by atoms with E-state index in [-0.39, 0.29) is 0 Å². The summed E-state index contributed by atoms with van der Waals surface area (Å²) in [5.74, 6) is 0. The maximum absolute atomic E-state index is 10.7. The molecule has 0 bridgehead atoms. The fraction of sp³-hybridized carbons (Fsp3) is 0.727. The molecule has 0 radical (unpaired) electrons. The van der Waals surface area contributed by atoms with Crippen molar-refractivity contribution in [1.29, 1.82) is 0 Å². The van der Waals surface area contributed by atoms with E-state index in [0.717, 1.165) is 10.2 Å². The number of halogens is 1. The first-order chi connectivity index (χ1) is 8.17. The third kappa shape index (κ3) is 2.70. The lowest BCUT2D eigenvalue weighted by molar-refractivity contribution is -0.0738. The van der Waals surface area contributed by atoms with Crippen LogP contribution in [-0.4, -0.2) is 41.8 Å². The highest BCUT2D eigenvalue weighted by Crippen LogP contribution is 2.36. The van der Waals surface area contributed by atoms with Crippen LogP contribution in [0.3, 0.4) is 0 Å². The summed E-state index contributed by atoms with van der Waals surface area (Å²) in [6, 6.07) is 0. The van der Waals surface area contributed by atoms with Crippen LogP contribution < -0.4 is 0 Å². The zero-order chi connectivity index (χ0) is 12.3. The molecule has 2 rings (SSSR count). The molecule has 1 aliphatic rings. The van der Waals surface area contributed by atoms with Crippen molar-refractivity contribution < 1.29 is 14.6 Å². The van der Waals surface area contributed by atoms with E-state index in [0.29, 0.717) is 39.2 Å². The van der Waals surface area contributed by atoms with E-state index in [4.69, 9.17) is 9.47 Å². The van der Waals surface area contributed by atoms with E-state index in [2.05, 4.69) is 21.0 Å². The largest absolute Gasteiger partial charge is 0.383 e. The third-order valence-corrected chi connectivity index (χ3v) is 3.64. The smallest absolute Gasteiger partial charge is 0.112 e. The van der Waals surface area contributed by atoms with Crippen LogP contribution in [0.5, 0.6) is 0 Å². The Morgan fingerprint density at radius 3 is 2.94 bits per heavy atom. The zero-order valence-corrected chi connectivity index (χ0v) is 11.4. The second kappa shape index (κ2) is 5.48. The van der Waals surface area contributed by atoms with Gasteiger partial charge in [0.2, 0.25) is 0 Å². The van der Waals surface area contributed by atoms with Crippen LogP contribution in [0, 0.1) is 0 Å². The molecule has 6 heteroatoms. The standard InChI is InChI=1S/C11H17BrN2O3/c1-16-7-4-14-10(9(12)8-13-14)11(15)2-5-17-6-3-11/h8,15H,2-7H2,1H3. The second-order valence-electron chi connectivity index (χ2n) is 4.20. The summed E-state index contributed by atoms with van der Waals surface area (Å²) >= 11 is 3.45. The Kier molecular flexibility index (Phi) is 4.19. The molecule has 1 aliphatic heterocycles. The average Bonchev–Trinajstić information content (AvgIpc) is 2.69.